The smallest absolute Gasteiger partial charge is 0.228 e. The van der Waals surface area contributed by atoms with Crippen LogP contribution in [0.5, 0.6) is 0 Å². The Balaban J connectivity index is 1.37. The maximum Gasteiger partial charge on any atom is 0.228 e. The molecule has 0 aliphatic rings. The van der Waals surface area contributed by atoms with E-state index in [1.54, 1.807) is 6.20 Å². The van der Waals surface area contributed by atoms with Gasteiger partial charge in [0.05, 0.1) is 18.3 Å². The number of anilines is 4. The number of H-pyrrole nitrogens is 1. The van der Waals surface area contributed by atoms with Crippen LogP contribution in [0.2, 0.25) is 0 Å². The van der Waals surface area contributed by atoms with Crippen molar-refractivity contribution in [3.8, 4) is 0 Å². The molecular weight excluding hydrogens is 362 g/mol. The van der Waals surface area contributed by atoms with Gasteiger partial charge in [0.15, 0.2) is 0 Å². The third-order valence-corrected chi connectivity index (χ3v) is 4.73. The third kappa shape index (κ3) is 4.38. The first kappa shape index (κ1) is 18.6. The van der Waals surface area contributed by atoms with Crippen molar-refractivity contribution in [3.05, 3.63) is 78.6 Å². The van der Waals surface area contributed by atoms with Crippen LogP contribution in [0.3, 0.4) is 0 Å². The molecule has 0 bridgehead atoms. The Kier molecular flexibility index (Phi) is 5.16. The molecule has 0 atom stereocenters. The number of amides is 1. The van der Waals surface area contributed by atoms with Crippen LogP contribution in [0, 0.1) is 0 Å². The number of carbonyl (C=O) groups is 1. The van der Waals surface area contributed by atoms with E-state index in [2.05, 4.69) is 25.5 Å². The van der Waals surface area contributed by atoms with Gasteiger partial charge in [-0.05, 0) is 48.0 Å². The van der Waals surface area contributed by atoms with Gasteiger partial charge in [-0.3, -0.25) is 4.79 Å². The molecule has 6 nitrogen and oxygen atoms in total. The van der Waals surface area contributed by atoms with E-state index in [-0.39, 0.29) is 5.91 Å². The van der Waals surface area contributed by atoms with E-state index in [0.717, 1.165) is 33.7 Å². The minimum Gasteiger partial charge on any atom is -0.378 e. The highest BCUT2D eigenvalue weighted by Crippen LogP contribution is 2.21. The number of aromatic amines is 1. The van der Waals surface area contributed by atoms with E-state index >= 15 is 0 Å². The molecule has 6 heteroatoms. The second-order valence-corrected chi connectivity index (χ2v) is 7.08. The van der Waals surface area contributed by atoms with E-state index in [4.69, 9.17) is 0 Å². The van der Waals surface area contributed by atoms with Crippen LogP contribution < -0.4 is 15.5 Å². The summed E-state index contributed by atoms with van der Waals surface area (Å²) in [5, 5.41) is 7.24. The molecule has 0 saturated heterocycles. The molecule has 0 radical (unpaired) electrons. The lowest BCUT2D eigenvalue weighted by Crippen LogP contribution is -2.14. The number of hydrogen-bond donors (Lipinski definition) is 3. The predicted molar refractivity (Wildman–Crippen MR) is 119 cm³/mol. The summed E-state index contributed by atoms with van der Waals surface area (Å²) in [4.78, 5) is 22.0. The topological polar surface area (TPSA) is 73.0 Å². The predicted octanol–water partition coefficient (Wildman–Crippen LogP) is 4.55. The Hall–Kier alpha value is -3.80. The van der Waals surface area contributed by atoms with Gasteiger partial charge in [-0.15, -0.1) is 0 Å². The minimum atomic E-state index is -0.0727. The molecule has 2 aromatic carbocycles. The number of fused-ring (bicyclic) bond motifs is 1. The lowest BCUT2D eigenvalue weighted by Gasteiger charge is -2.13. The number of benzene rings is 2. The Morgan fingerprint density at radius 2 is 1.76 bits per heavy atom. The molecule has 3 N–H and O–H groups in total. The first-order valence-electron chi connectivity index (χ1n) is 9.44. The Labute approximate surface area is 169 Å². The summed E-state index contributed by atoms with van der Waals surface area (Å²) in [6.45, 7) is 0. The molecule has 4 aromatic rings. The molecule has 0 spiro atoms. The SMILES string of the molecule is CN(C)c1ccc(Nc2ccc(NC(=O)Cc3c[nH]c4ccccc34)cn2)cc1. The van der Waals surface area contributed by atoms with Crippen molar-refractivity contribution in [1.82, 2.24) is 9.97 Å². The van der Waals surface area contributed by atoms with E-state index in [9.17, 15) is 4.79 Å². The number of carbonyl (C=O) groups excluding carboxylic acids is 1. The van der Waals surface area contributed by atoms with Crippen molar-refractivity contribution in [2.45, 2.75) is 6.42 Å². The van der Waals surface area contributed by atoms with E-state index < -0.39 is 0 Å². The highest BCUT2D eigenvalue weighted by atomic mass is 16.1. The van der Waals surface area contributed by atoms with Crippen molar-refractivity contribution >= 4 is 39.7 Å². The second-order valence-electron chi connectivity index (χ2n) is 7.08. The zero-order valence-corrected chi connectivity index (χ0v) is 16.4. The normalized spacial score (nSPS) is 10.7. The Bertz CT molecular complexity index is 1110. The summed E-state index contributed by atoms with van der Waals surface area (Å²) in [7, 11) is 4.02. The minimum absolute atomic E-state index is 0.0727. The monoisotopic (exact) mass is 385 g/mol. The first-order chi connectivity index (χ1) is 14.1. The number of hydrogen-bond acceptors (Lipinski definition) is 4. The average Bonchev–Trinajstić information content (AvgIpc) is 3.13. The molecule has 2 aromatic heterocycles. The second kappa shape index (κ2) is 8.06. The van der Waals surface area contributed by atoms with Gasteiger partial charge < -0.3 is 20.5 Å². The molecule has 0 aliphatic carbocycles. The fourth-order valence-corrected chi connectivity index (χ4v) is 3.19. The Morgan fingerprint density at radius 3 is 2.48 bits per heavy atom. The summed E-state index contributed by atoms with van der Waals surface area (Å²) < 4.78 is 0. The van der Waals surface area contributed by atoms with Crippen LogP contribution >= 0.6 is 0 Å². The van der Waals surface area contributed by atoms with Crippen LogP contribution in [0.15, 0.2) is 73.1 Å². The molecule has 1 amide bonds. The number of aromatic nitrogens is 2. The van der Waals surface area contributed by atoms with Crippen LogP contribution in [0.4, 0.5) is 22.9 Å². The molecule has 2 heterocycles. The average molecular weight is 385 g/mol. The number of rotatable bonds is 6. The summed E-state index contributed by atoms with van der Waals surface area (Å²) in [6.07, 6.45) is 3.85. The van der Waals surface area contributed by atoms with Crippen molar-refractivity contribution in [1.29, 1.82) is 0 Å². The number of nitrogens with zero attached hydrogens (tertiary/aromatic N) is 2. The van der Waals surface area contributed by atoms with Gasteiger partial charge in [0.2, 0.25) is 5.91 Å². The maximum atomic E-state index is 12.4. The van der Waals surface area contributed by atoms with Crippen LogP contribution in [-0.4, -0.2) is 30.0 Å². The lowest BCUT2D eigenvalue weighted by molar-refractivity contribution is -0.115. The standard InChI is InChI=1S/C23H23N5O/c1-28(2)19-10-7-17(8-11-19)26-22-12-9-18(15-25-22)27-23(29)13-16-14-24-21-6-4-3-5-20(16)21/h3-12,14-15,24H,13H2,1-2H3,(H,25,26)(H,27,29). The van der Waals surface area contributed by atoms with E-state index in [0.29, 0.717) is 12.1 Å². The number of para-hydroxylation sites is 1. The van der Waals surface area contributed by atoms with Gasteiger partial charge in [0, 0.05) is 42.6 Å². The van der Waals surface area contributed by atoms with Crippen molar-refractivity contribution in [2.24, 2.45) is 0 Å². The van der Waals surface area contributed by atoms with E-state index in [1.165, 1.54) is 0 Å². The summed E-state index contributed by atoms with van der Waals surface area (Å²) >= 11 is 0. The van der Waals surface area contributed by atoms with Crippen LogP contribution in [0.1, 0.15) is 5.56 Å². The molecule has 0 saturated carbocycles. The van der Waals surface area contributed by atoms with Crippen molar-refractivity contribution < 1.29 is 4.79 Å². The molecular formula is C23H23N5O. The summed E-state index contributed by atoms with van der Waals surface area (Å²) in [6, 6.07) is 19.8. The highest BCUT2D eigenvalue weighted by Gasteiger charge is 2.09. The van der Waals surface area contributed by atoms with Gasteiger partial charge in [-0.2, -0.15) is 0 Å². The zero-order chi connectivity index (χ0) is 20.2. The van der Waals surface area contributed by atoms with Gasteiger partial charge in [-0.1, -0.05) is 18.2 Å². The van der Waals surface area contributed by atoms with Crippen LogP contribution in [-0.2, 0) is 11.2 Å². The van der Waals surface area contributed by atoms with Crippen LogP contribution in [0.25, 0.3) is 10.9 Å². The van der Waals surface area contributed by atoms with E-state index in [1.807, 2.05) is 81.0 Å². The summed E-state index contributed by atoms with van der Waals surface area (Å²) in [5.41, 5.74) is 4.77. The largest absolute Gasteiger partial charge is 0.378 e. The summed E-state index contributed by atoms with van der Waals surface area (Å²) in [5.74, 6) is 0.647. The molecule has 0 fully saturated rings. The molecule has 0 aliphatic heterocycles. The van der Waals surface area contributed by atoms with Gasteiger partial charge in [0.25, 0.3) is 0 Å². The fraction of sp³-hybridized carbons (Fsp3) is 0.130. The molecule has 0 unspecified atom stereocenters. The fourth-order valence-electron chi connectivity index (χ4n) is 3.19. The quantitative estimate of drug-likeness (QED) is 0.455. The van der Waals surface area contributed by atoms with Crippen molar-refractivity contribution in [2.75, 3.05) is 29.6 Å². The first-order valence-corrected chi connectivity index (χ1v) is 9.44. The number of pyridine rings is 1. The molecule has 4 rings (SSSR count). The highest BCUT2D eigenvalue weighted by molar-refractivity contribution is 5.95. The molecule has 146 valence electrons. The lowest BCUT2D eigenvalue weighted by atomic mass is 10.1. The Morgan fingerprint density at radius 1 is 1.00 bits per heavy atom. The molecule has 29 heavy (non-hydrogen) atoms. The van der Waals surface area contributed by atoms with Crippen molar-refractivity contribution in [3.63, 3.8) is 0 Å². The maximum absolute atomic E-state index is 12.4. The van der Waals surface area contributed by atoms with Gasteiger partial charge in [0.1, 0.15) is 5.82 Å². The third-order valence-electron chi connectivity index (χ3n) is 4.73. The number of nitrogens with one attached hydrogen (secondary N) is 3. The zero-order valence-electron chi connectivity index (χ0n) is 16.4. The van der Waals surface area contributed by atoms with Gasteiger partial charge in [-0.25, -0.2) is 4.98 Å². The van der Waals surface area contributed by atoms with Gasteiger partial charge >= 0.3 is 0 Å².